The lowest BCUT2D eigenvalue weighted by atomic mass is 10.1. The van der Waals surface area contributed by atoms with E-state index in [-0.39, 0.29) is 38.0 Å². The number of carbonyl (C=O) groups excluding carboxylic acids is 3. The highest BCUT2D eigenvalue weighted by Crippen LogP contribution is 2.13. The summed E-state index contributed by atoms with van der Waals surface area (Å²) in [4.78, 5) is 38.1. The molecule has 390 valence electrons. The van der Waals surface area contributed by atoms with Gasteiger partial charge in [-0.25, -0.2) is 0 Å². The Hall–Kier alpha value is -4.19. The van der Waals surface area contributed by atoms with Gasteiger partial charge >= 0.3 is 17.9 Å². The Balaban J connectivity index is 4.58. The molecular formula is C63H102O6. The van der Waals surface area contributed by atoms with Crippen LogP contribution >= 0.6 is 0 Å². The average Bonchev–Trinajstić information content (AvgIpc) is 3.35. The first-order chi connectivity index (χ1) is 34.0. The standard InChI is InChI=1S/C63H102O6/c1-4-7-10-13-16-19-22-25-28-30-31-33-36-39-42-45-48-51-54-57-63(66)69-60(58-67-61(64)55-52-49-46-43-40-37-34-27-24-21-18-15-12-9-6-3)59-68-62(65)56-53-50-47-44-41-38-35-32-29-26-23-20-17-14-11-8-5-2/h7,10,16,18-19,21,25-29,31,33-34,39-40,42-43,48,51,60H,4-6,8-9,11-15,17,20,22-24,30,32,35-38,41,44-47,49-50,52-59H2,1-3H3/b10-7-,19-16-,21-18-,28-25-,29-26-,33-31-,34-27-,42-39-,43-40-,51-48-/t60-/m1/s1. The second kappa shape index (κ2) is 56.4. The van der Waals surface area contributed by atoms with Crippen LogP contribution in [-0.2, 0) is 28.6 Å². The molecule has 0 bridgehead atoms. The van der Waals surface area contributed by atoms with Crippen molar-refractivity contribution in [1.82, 2.24) is 0 Å². The van der Waals surface area contributed by atoms with Gasteiger partial charge in [0.15, 0.2) is 6.10 Å². The topological polar surface area (TPSA) is 78.9 Å². The van der Waals surface area contributed by atoms with Crippen molar-refractivity contribution in [3.8, 4) is 0 Å². The maximum absolute atomic E-state index is 12.8. The lowest BCUT2D eigenvalue weighted by Gasteiger charge is -2.18. The highest BCUT2D eigenvalue weighted by Gasteiger charge is 2.19. The molecule has 0 aliphatic carbocycles. The highest BCUT2D eigenvalue weighted by molar-refractivity contribution is 5.71. The predicted molar refractivity (Wildman–Crippen MR) is 297 cm³/mol. The molecule has 0 heterocycles. The predicted octanol–water partition coefficient (Wildman–Crippen LogP) is 18.9. The van der Waals surface area contributed by atoms with Crippen molar-refractivity contribution < 1.29 is 28.6 Å². The third-order valence-electron chi connectivity index (χ3n) is 11.4. The van der Waals surface area contributed by atoms with Crippen LogP contribution in [0, 0.1) is 0 Å². The minimum Gasteiger partial charge on any atom is -0.462 e. The fraction of sp³-hybridized carbons (Fsp3) is 0.635. The fourth-order valence-electron chi connectivity index (χ4n) is 7.23. The van der Waals surface area contributed by atoms with Gasteiger partial charge in [0.05, 0.1) is 0 Å². The number of esters is 3. The lowest BCUT2D eigenvalue weighted by Crippen LogP contribution is -2.30. The van der Waals surface area contributed by atoms with Crippen molar-refractivity contribution in [3.05, 3.63) is 122 Å². The normalized spacial score (nSPS) is 13.0. The van der Waals surface area contributed by atoms with Gasteiger partial charge in [-0.05, 0) is 122 Å². The van der Waals surface area contributed by atoms with Gasteiger partial charge < -0.3 is 14.2 Å². The van der Waals surface area contributed by atoms with Crippen molar-refractivity contribution >= 4 is 17.9 Å². The molecule has 0 aromatic heterocycles. The third-order valence-corrected chi connectivity index (χ3v) is 11.4. The summed E-state index contributed by atoms with van der Waals surface area (Å²) in [5.41, 5.74) is 0. The van der Waals surface area contributed by atoms with Gasteiger partial charge in [0.25, 0.3) is 0 Å². The van der Waals surface area contributed by atoms with Crippen LogP contribution in [0.2, 0.25) is 0 Å². The van der Waals surface area contributed by atoms with Gasteiger partial charge in [0.1, 0.15) is 13.2 Å². The Labute approximate surface area is 424 Å². The molecule has 0 aliphatic heterocycles. The van der Waals surface area contributed by atoms with E-state index in [1.54, 1.807) is 0 Å². The first-order valence-electron chi connectivity index (χ1n) is 28.0. The van der Waals surface area contributed by atoms with E-state index in [9.17, 15) is 14.4 Å². The molecule has 0 saturated heterocycles. The number of allylic oxidation sites excluding steroid dienone is 20. The van der Waals surface area contributed by atoms with E-state index in [1.807, 2.05) is 12.2 Å². The molecule has 0 saturated carbocycles. The van der Waals surface area contributed by atoms with Gasteiger partial charge in [-0.1, -0.05) is 219 Å². The van der Waals surface area contributed by atoms with Crippen LogP contribution in [0.5, 0.6) is 0 Å². The molecule has 0 rings (SSSR count). The number of hydrogen-bond donors (Lipinski definition) is 0. The molecule has 0 aliphatic rings. The average molecular weight is 956 g/mol. The second-order valence-electron chi connectivity index (χ2n) is 18.1. The van der Waals surface area contributed by atoms with Crippen LogP contribution in [0.15, 0.2) is 122 Å². The zero-order valence-corrected chi connectivity index (χ0v) is 44.5. The molecule has 6 nitrogen and oxygen atoms in total. The Morgan fingerprint density at radius 3 is 1.01 bits per heavy atom. The van der Waals surface area contributed by atoms with Crippen molar-refractivity contribution in [1.29, 1.82) is 0 Å². The quantitative estimate of drug-likeness (QED) is 0.0262. The summed E-state index contributed by atoms with van der Waals surface area (Å²) in [6.45, 7) is 6.39. The zero-order chi connectivity index (χ0) is 50.0. The van der Waals surface area contributed by atoms with Crippen LogP contribution in [0.1, 0.15) is 239 Å². The summed E-state index contributed by atoms with van der Waals surface area (Å²) in [5.74, 6) is -1.06. The molecule has 6 heteroatoms. The number of hydrogen-bond acceptors (Lipinski definition) is 6. The fourth-order valence-corrected chi connectivity index (χ4v) is 7.23. The minimum absolute atomic E-state index is 0.125. The van der Waals surface area contributed by atoms with Gasteiger partial charge in [0.2, 0.25) is 0 Å². The molecule has 0 spiro atoms. The molecule has 0 N–H and O–H groups in total. The van der Waals surface area contributed by atoms with Crippen molar-refractivity contribution in [2.24, 2.45) is 0 Å². The molecule has 0 aromatic rings. The first-order valence-corrected chi connectivity index (χ1v) is 28.0. The van der Waals surface area contributed by atoms with E-state index in [2.05, 4.69) is 130 Å². The molecule has 0 unspecified atom stereocenters. The van der Waals surface area contributed by atoms with E-state index < -0.39 is 12.1 Å². The van der Waals surface area contributed by atoms with E-state index in [4.69, 9.17) is 14.2 Å². The smallest absolute Gasteiger partial charge is 0.306 e. The van der Waals surface area contributed by atoms with Crippen molar-refractivity contribution in [2.45, 2.75) is 245 Å². The molecular weight excluding hydrogens is 853 g/mol. The Morgan fingerprint density at radius 2 is 0.594 bits per heavy atom. The maximum Gasteiger partial charge on any atom is 0.306 e. The monoisotopic (exact) mass is 955 g/mol. The third kappa shape index (κ3) is 54.6. The van der Waals surface area contributed by atoms with Gasteiger partial charge in [-0.3, -0.25) is 14.4 Å². The second-order valence-corrected chi connectivity index (χ2v) is 18.1. The minimum atomic E-state index is -0.839. The number of ether oxygens (including phenoxy) is 3. The summed E-state index contributed by atoms with van der Waals surface area (Å²) in [7, 11) is 0. The van der Waals surface area contributed by atoms with Crippen LogP contribution in [0.25, 0.3) is 0 Å². The number of rotatable bonds is 49. The number of unbranched alkanes of at least 4 members (excludes halogenated alkanes) is 18. The molecule has 0 aromatic carbocycles. The van der Waals surface area contributed by atoms with Crippen LogP contribution < -0.4 is 0 Å². The SMILES string of the molecule is CC/C=C\C/C=C\C/C=C\C/C=C\C/C=C\C/C=C\CCC(=O)O[C@H](COC(=O)CCCC/C=C\C/C=C\C/C=C\CCCCC)COC(=O)CCCCCCCCC/C=C\CCCCCCCC. The lowest BCUT2D eigenvalue weighted by molar-refractivity contribution is -0.166. The Morgan fingerprint density at radius 1 is 0.304 bits per heavy atom. The number of carbonyl (C=O) groups is 3. The van der Waals surface area contributed by atoms with Gasteiger partial charge in [-0.2, -0.15) is 0 Å². The summed E-state index contributed by atoms with van der Waals surface area (Å²) < 4.78 is 16.7. The van der Waals surface area contributed by atoms with Gasteiger partial charge in [-0.15, -0.1) is 0 Å². The largest absolute Gasteiger partial charge is 0.462 e. The molecule has 0 amide bonds. The summed E-state index contributed by atoms with van der Waals surface area (Å²) in [5, 5.41) is 0. The van der Waals surface area contributed by atoms with Crippen molar-refractivity contribution in [3.63, 3.8) is 0 Å². The first kappa shape index (κ1) is 64.8. The van der Waals surface area contributed by atoms with Crippen LogP contribution in [0.4, 0.5) is 0 Å². The van der Waals surface area contributed by atoms with E-state index in [0.717, 1.165) is 83.5 Å². The summed E-state index contributed by atoms with van der Waals surface area (Å²) >= 11 is 0. The summed E-state index contributed by atoms with van der Waals surface area (Å²) in [6, 6.07) is 0. The highest BCUT2D eigenvalue weighted by atomic mass is 16.6. The summed E-state index contributed by atoms with van der Waals surface area (Å²) in [6.07, 6.45) is 77.7. The molecule has 69 heavy (non-hydrogen) atoms. The van der Waals surface area contributed by atoms with Crippen LogP contribution in [0.3, 0.4) is 0 Å². The molecule has 0 fully saturated rings. The van der Waals surface area contributed by atoms with Crippen LogP contribution in [-0.4, -0.2) is 37.2 Å². The molecule has 0 radical (unpaired) electrons. The molecule has 1 atom stereocenters. The van der Waals surface area contributed by atoms with E-state index in [1.165, 1.54) is 103 Å². The van der Waals surface area contributed by atoms with Crippen molar-refractivity contribution in [2.75, 3.05) is 13.2 Å². The van der Waals surface area contributed by atoms with E-state index >= 15 is 0 Å². The van der Waals surface area contributed by atoms with Gasteiger partial charge in [0, 0.05) is 19.3 Å². The Kier molecular flexibility index (Phi) is 53.0. The zero-order valence-electron chi connectivity index (χ0n) is 44.5. The Bertz CT molecular complexity index is 1470. The van der Waals surface area contributed by atoms with E-state index in [0.29, 0.717) is 19.3 Å². The maximum atomic E-state index is 12.8.